The lowest BCUT2D eigenvalue weighted by molar-refractivity contribution is -0.125. The molecule has 0 aromatic heterocycles. The van der Waals surface area contributed by atoms with Crippen molar-refractivity contribution >= 4 is 16.7 Å². The van der Waals surface area contributed by atoms with E-state index in [1.54, 1.807) is 11.8 Å². The van der Waals surface area contributed by atoms with Crippen molar-refractivity contribution < 1.29 is 4.79 Å². The van der Waals surface area contributed by atoms with Crippen molar-refractivity contribution in [1.82, 2.24) is 4.90 Å². The maximum Gasteiger partial charge on any atom is 0.248 e. The van der Waals surface area contributed by atoms with E-state index in [1.807, 2.05) is 7.05 Å². The molecule has 2 heteroatoms. The molecule has 0 spiro atoms. The predicted molar refractivity (Wildman–Crippen MR) is 133 cm³/mol. The maximum atomic E-state index is 11.9. The first-order valence-electron chi connectivity index (χ1n) is 11.5. The summed E-state index contributed by atoms with van der Waals surface area (Å²) < 4.78 is 0. The Morgan fingerprint density at radius 3 is 2.13 bits per heavy atom. The number of nitrogens with zero attached hydrogens (tertiary/aromatic N) is 1. The molecule has 2 nitrogen and oxygen atoms in total. The fourth-order valence-electron chi connectivity index (χ4n) is 4.02. The first kappa shape index (κ1) is 22.8. The fraction of sp³-hybridized carbons (Fsp3) is 0.345. The van der Waals surface area contributed by atoms with Gasteiger partial charge in [-0.15, -0.1) is 0 Å². The zero-order valence-corrected chi connectivity index (χ0v) is 19.3. The maximum absolute atomic E-state index is 11.9. The molecule has 0 bridgehead atoms. The van der Waals surface area contributed by atoms with Gasteiger partial charge in [-0.3, -0.25) is 4.79 Å². The highest BCUT2D eigenvalue weighted by Gasteiger charge is 2.08. The summed E-state index contributed by atoms with van der Waals surface area (Å²) in [5.74, 6) is 0.0275. The average molecular weight is 414 g/mol. The van der Waals surface area contributed by atoms with E-state index >= 15 is 0 Å². The van der Waals surface area contributed by atoms with Gasteiger partial charge in [0.25, 0.3) is 0 Å². The Balaban J connectivity index is 1.61. The smallest absolute Gasteiger partial charge is 0.248 e. The highest BCUT2D eigenvalue weighted by Crippen LogP contribution is 2.26. The standard InChI is InChI=1S/C29H35NO/c1-5-6-7-9-24-13-16-28-21-27(18-17-26(28)20-24)25-14-11-23(12-15-25)10-8-19-30(4)29(31)22(2)3/h11-18,20-21H,2,5-10,19H2,1,3-4H3. The third kappa shape index (κ3) is 6.30. The number of rotatable bonds is 10. The normalized spacial score (nSPS) is 10.9. The van der Waals surface area contributed by atoms with E-state index in [1.165, 1.54) is 58.7 Å². The van der Waals surface area contributed by atoms with Gasteiger partial charge in [-0.2, -0.15) is 0 Å². The summed E-state index contributed by atoms with van der Waals surface area (Å²) in [6.07, 6.45) is 6.92. The number of aryl methyl sites for hydroxylation is 2. The Bertz CT molecular complexity index is 1030. The van der Waals surface area contributed by atoms with Crippen molar-refractivity contribution in [3.8, 4) is 11.1 Å². The quantitative estimate of drug-likeness (QED) is 0.254. The zero-order chi connectivity index (χ0) is 22.2. The van der Waals surface area contributed by atoms with Crippen LogP contribution in [0.5, 0.6) is 0 Å². The molecule has 0 saturated heterocycles. The molecule has 0 aliphatic heterocycles. The van der Waals surface area contributed by atoms with Crippen LogP contribution in [0.4, 0.5) is 0 Å². The molecule has 3 aromatic rings. The third-order valence-corrected chi connectivity index (χ3v) is 5.93. The van der Waals surface area contributed by atoms with Crippen LogP contribution in [0, 0.1) is 0 Å². The number of hydrogen-bond acceptors (Lipinski definition) is 1. The van der Waals surface area contributed by atoms with Crippen LogP contribution < -0.4 is 0 Å². The molecule has 1 amide bonds. The van der Waals surface area contributed by atoms with E-state index in [-0.39, 0.29) is 5.91 Å². The first-order valence-corrected chi connectivity index (χ1v) is 11.5. The number of likely N-dealkylation sites (N-methyl/N-ethyl adjacent to an activating group) is 1. The van der Waals surface area contributed by atoms with E-state index in [0.717, 1.165) is 19.4 Å². The minimum atomic E-state index is 0.0275. The lowest BCUT2D eigenvalue weighted by Crippen LogP contribution is -2.28. The van der Waals surface area contributed by atoms with Gasteiger partial charge < -0.3 is 4.90 Å². The largest absolute Gasteiger partial charge is 0.342 e. The van der Waals surface area contributed by atoms with Crippen molar-refractivity contribution in [2.75, 3.05) is 13.6 Å². The summed E-state index contributed by atoms with van der Waals surface area (Å²) in [5.41, 5.74) is 5.83. The van der Waals surface area contributed by atoms with Crippen molar-refractivity contribution in [3.63, 3.8) is 0 Å². The summed E-state index contributed by atoms with van der Waals surface area (Å²) in [7, 11) is 1.84. The van der Waals surface area contributed by atoms with Crippen LogP contribution in [-0.2, 0) is 17.6 Å². The summed E-state index contributed by atoms with van der Waals surface area (Å²) in [6.45, 7) is 8.49. The summed E-state index contributed by atoms with van der Waals surface area (Å²) >= 11 is 0. The highest BCUT2D eigenvalue weighted by atomic mass is 16.2. The molecule has 0 aliphatic rings. The second-order valence-electron chi connectivity index (χ2n) is 8.66. The van der Waals surface area contributed by atoms with Crippen molar-refractivity contribution in [1.29, 1.82) is 0 Å². The van der Waals surface area contributed by atoms with Crippen LogP contribution in [-0.4, -0.2) is 24.4 Å². The van der Waals surface area contributed by atoms with Crippen LogP contribution in [0.15, 0.2) is 72.8 Å². The van der Waals surface area contributed by atoms with E-state index < -0.39 is 0 Å². The number of amides is 1. The van der Waals surface area contributed by atoms with Gasteiger partial charge in [-0.25, -0.2) is 0 Å². The molecular weight excluding hydrogens is 378 g/mol. The van der Waals surface area contributed by atoms with Crippen molar-refractivity contribution in [2.45, 2.75) is 52.4 Å². The van der Waals surface area contributed by atoms with Gasteiger partial charge in [0.2, 0.25) is 5.91 Å². The van der Waals surface area contributed by atoms with Gasteiger partial charge in [0.05, 0.1) is 0 Å². The van der Waals surface area contributed by atoms with Crippen molar-refractivity contribution in [3.05, 3.63) is 83.9 Å². The number of fused-ring (bicyclic) bond motifs is 1. The Morgan fingerprint density at radius 2 is 1.42 bits per heavy atom. The Morgan fingerprint density at radius 1 is 0.806 bits per heavy atom. The minimum Gasteiger partial charge on any atom is -0.342 e. The third-order valence-electron chi connectivity index (χ3n) is 5.93. The molecule has 0 aliphatic carbocycles. The topological polar surface area (TPSA) is 20.3 Å². The summed E-state index contributed by atoms with van der Waals surface area (Å²) in [5, 5.41) is 2.62. The predicted octanol–water partition coefficient (Wildman–Crippen LogP) is 7.21. The SMILES string of the molecule is C=C(C)C(=O)N(C)CCCc1ccc(-c2ccc3cc(CCCCC)ccc3c2)cc1. The Hall–Kier alpha value is -2.87. The van der Waals surface area contributed by atoms with Crippen LogP contribution in [0.3, 0.4) is 0 Å². The second kappa shape index (κ2) is 10.9. The van der Waals surface area contributed by atoms with Gasteiger partial charge in [0, 0.05) is 19.2 Å². The zero-order valence-electron chi connectivity index (χ0n) is 19.3. The van der Waals surface area contributed by atoms with E-state index in [9.17, 15) is 4.79 Å². The number of carbonyl (C=O) groups is 1. The van der Waals surface area contributed by atoms with E-state index in [2.05, 4.69) is 74.2 Å². The molecule has 0 fully saturated rings. The monoisotopic (exact) mass is 413 g/mol. The molecule has 162 valence electrons. The second-order valence-corrected chi connectivity index (χ2v) is 8.66. The molecule has 0 N–H and O–H groups in total. The fourth-order valence-corrected chi connectivity index (χ4v) is 4.02. The molecule has 0 heterocycles. The molecule has 3 rings (SSSR count). The van der Waals surface area contributed by atoms with Crippen LogP contribution >= 0.6 is 0 Å². The lowest BCUT2D eigenvalue weighted by Gasteiger charge is -2.16. The van der Waals surface area contributed by atoms with Crippen LogP contribution in [0.1, 0.15) is 50.7 Å². The lowest BCUT2D eigenvalue weighted by atomic mass is 9.97. The summed E-state index contributed by atoms with van der Waals surface area (Å²) in [6, 6.07) is 22.5. The molecule has 3 aromatic carbocycles. The average Bonchev–Trinajstić information content (AvgIpc) is 2.78. The molecule has 0 atom stereocenters. The van der Waals surface area contributed by atoms with E-state index in [4.69, 9.17) is 0 Å². The Kier molecular flexibility index (Phi) is 8.06. The van der Waals surface area contributed by atoms with E-state index in [0.29, 0.717) is 5.57 Å². The highest BCUT2D eigenvalue weighted by molar-refractivity contribution is 5.92. The Labute approximate surface area is 187 Å². The molecular formula is C29H35NO. The number of unbranched alkanes of at least 4 members (excludes halogenated alkanes) is 2. The molecule has 0 unspecified atom stereocenters. The van der Waals surface area contributed by atoms with Gasteiger partial charge in [-0.05, 0) is 71.7 Å². The molecule has 0 saturated carbocycles. The van der Waals surface area contributed by atoms with Crippen LogP contribution in [0.25, 0.3) is 21.9 Å². The molecule has 31 heavy (non-hydrogen) atoms. The minimum absolute atomic E-state index is 0.0275. The number of benzene rings is 3. The number of carbonyl (C=O) groups excluding carboxylic acids is 1. The van der Waals surface area contributed by atoms with Gasteiger partial charge in [0.1, 0.15) is 0 Å². The van der Waals surface area contributed by atoms with Crippen LogP contribution in [0.2, 0.25) is 0 Å². The van der Waals surface area contributed by atoms with Gasteiger partial charge >= 0.3 is 0 Å². The van der Waals surface area contributed by atoms with Gasteiger partial charge in [-0.1, -0.05) is 80.9 Å². The van der Waals surface area contributed by atoms with Gasteiger partial charge in [0.15, 0.2) is 0 Å². The molecule has 0 radical (unpaired) electrons. The van der Waals surface area contributed by atoms with Crippen molar-refractivity contribution in [2.24, 2.45) is 0 Å². The number of hydrogen-bond donors (Lipinski definition) is 0. The summed E-state index contributed by atoms with van der Waals surface area (Å²) in [4.78, 5) is 13.6. The first-order chi connectivity index (χ1) is 15.0.